The molecule has 0 atom stereocenters. The zero-order valence-corrected chi connectivity index (χ0v) is 15.8. The summed E-state index contributed by atoms with van der Waals surface area (Å²) in [7, 11) is 0. The first-order valence-corrected chi connectivity index (χ1v) is 10.2. The molecule has 1 amide bonds. The number of fused-ring (bicyclic) bond motifs is 1. The van der Waals surface area contributed by atoms with Gasteiger partial charge in [-0.25, -0.2) is 9.97 Å². The number of amides is 1. The molecule has 4 rings (SSSR count). The SMILES string of the molecule is Cc1csc(CN2CCCN(C(=O)c3ccc4ncsc4c3)CC2)n1. The first-order chi connectivity index (χ1) is 12.2. The standard InChI is InChI=1S/C18H20N4OS2/c1-13-11-24-17(20-13)10-21-5-2-6-22(8-7-21)18(23)14-3-4-15-16(9-14)25-12-19-15/h3-4,9,11-12H,2,5-8,10H2,1H3. The van der Waals surface area contributed by atoms with Crippen LogP contribution >= 0.6 is 22.7 Å². The summed E-state index contributed by atoms with van der Waals surface area (Å²) < 4.78 is 1.07. The Morgan fingerprint density at radius 1 is 1.20 bits per heavy atom. The lowest BCUT2D eigenvalue weighted by Gasteiger charge is -2.21. The second-order valence-electron chi connectivity index (χ2n) is 6.34. The number of nitrogens with zero attached hydrogens (tertiary/aromatic N) is 4. The highest BCUT2D eigenvalue weighted by Gasteiger charge is 2.21. The third-order valence-corrected chi connectivity index (χ3v) is 6.22. The topological polar surface area (TPSA) is 49.3 Å². The van der Waals surface area contributed by atoms with E-state index < -0.39 is 0 Å². The molecule has 3 heterocycles. The molecule has 1 aliphatic heterocycles. The van der Waals surface area contributed by atoms with Crippen molar-refractivity contribution in [2.75, 3.05) is 26.2 Å². The van der Waals surface area contributed by atoms with E-state index in [1.807, 2.05) is 35.5 Å². The largest absolute Gasteiger partial charge is 0.337 e. The van der Waals surface area contributed by atoms with Crippen LogP contribution in [0.15, 0.2) is 29.1 Å². The van der Waals surface area contributed by atoms with Gasteiger partial charge in [-0.05, 0) is 31.5 Å². The fraction of sp³-hybridized carbons (Fsp3) is 0.389. The maximum absolute atomic E-state index is 12.9. The summed E-state index contributed by atoms with van der Waals surface area (Å²) >= 11 is 3.30. The van der Waals surface area contributed by atoms with Gasteiger partial charge in [0.15, 0.2) is 0 Å². The Labute approximate surface area is 154 Å². The van der Waals surface area contributed by atoms with Crippen molar-refractivity contribution in [2.45, 2.75) is 19.9 Å². The molecule has 0 bridgehead atoms. The van der Waals surface area contributed by atoms with Crippen molar-refractivity contribution in [3.05, 3.63) is 45.4 Å². The molecule has 7 heteroatoms. The molecule has 0 spiro atoms. The lowest BCUT2D eigenvalue weighted by molar-refractivity contribution is 0.0761. The fourth-order valence-corrected chi connectivity index (χ4v) is 4.70. The van der Waals surface area contributed by atoms with E-state index in [0.717, 1.165) is 65.6 Å². The quantitative estimate of drug-likeness (QED) is 0.707. The Hall–Kier alpha value is -1.83. The average molecular weight is 373 g/mol. The smallest absolute Gasteiger partial charge is 0.253 e. The molecule has 0 saturated carbocycles. The van der Waals surface area contributed by atoms with Crippen LogP contribution in [0.25, 0.3) is 10.2 Å². The van der Waals surface area contributed by atoms with Crippen LogP contribution in [0.3, 0.4) is 0 Å². The molecular weight excluding hydrogens is 352 g/mol. The summed E-state index contributed by atoms with van der Waals surface area (Å²) in [4.78, 5) is 26.1. The van der Waals surface area contributed by atoms with Gasteiger partial charge in [-0.2, -0.15) is 0 Å². The van der Waals surface area contributed by atoms with Crippen molar-refractivity contribution < 1.29 is 4.79 Å². The number of aryl methyl sites for hydroxylation is 1. The minimum Gasteiger partial charge on any atom is -0.337 e. The number of hydrogen-bond acceptors (Lipinski definition) is 6. The van der Waals surface area contributed by atoms with E-state index in [0.29, 0.717) is 0 Å². The third-order valence-electron chi connectivity index (χ3n) is 4.48. The van der Waals surface area contributed by atoms with Gasteiger partial charge < -0.3 is 4.90 Å². The Kier molecular flexibility index (Phi) is 4.78. The number of carbonyl (C=O) groups excluding carboxylic acids is 1. The van der Waals surface area contributed by atoms with Crippen LogP contribution in [-0.4, -0.2) is 51.9 Å². The van der Waals surface area contributed by atoms with Gasteiger partial charge in [0.2, 0.25) is 0 Å². The van der Waals surface area contributed by atoms with Gasteiger partial charge in [0, 0.05) is 42.8 Å². The van der Waals surface area contributed by atoms with Crippen molar-refractivity contribution in [3.8, 4) is 0 Å². The molecule has 25 heavy (non-hydrogen) atoms. The molecule has 0 radical (unpaired) electrons. The normalized spacial score (nSPS) is 16.3. The van der Waals surface area contributed by atoms with Gasteiger partial charge in [0.1, 0.15) is 5.01 Å². The Morgan fingerprint density at radius 3 is 2.96 bits per heavy atom. The van der Waals surface area contributed by atoms with Crippen LogP contribution in [0.5, 0.6) is 0 Å². The van der Waals surface area contributed by atoms with Crippen LogP contribution in [0.4, 0.5) is 0 Å². The van der Waals surface area contributed by atoms with Gasteiger partial charge in [0.05, 0.1) is 22.3 Å². The molecule has 1 saturated heterocycles. The van der Waals surface area contributed by atoms with Crippen LogP contribution < -0.4 is 0 Å². The van der Waals surface area contributed by atoms with Crippen molar-refractivity contribution in [1.29, 1.82) is 0 Å². The van der Waals surface area contributed by atoms with Gasteiger partial charge in [0.25, 0.3) is 5.91 Å². The Morgan fingerprint density at radius 2 is 2.12 bits per heavy atom. The number of benzene rings is 1. The zero-order chi connectivity index (χ0) is 17.2. The van der Waals surface area contributed by atoms with Gasteiger partial charge in [-0.3, -0.25) is 9.69 Å². The van der Waals surface area contributed by atoms with E-state index in [1.165, 1.54) is 0 Å². The zero-order valence-electron chi connectivity index (χ0n) is 14.1. The Balaban J connectivity index is 1.42. The minimum absolute atomic E-state index is 0.127. The molecule has 0 N–H and O–H groups in total. The number of carbonyl (C=O) groups is 1. The van der Waals surface area contributed by atoms with Crippen molar-refractivity contribution >= 4 is 38.8 Å². The number of aromatic nitrogens is 2. The van der Waals surface area contributed by atoms with E-state index in [2.05, 4.69) is 20.2 Å². The molecule has 130 valence electrons. The van der Waals surface area contributed by atoms with Crippen LogP contribution in [0.2, 0.25) is 0 Å². The Bertz CT molecular complexity index is 888. The van der Waals surface area contributed by atoms with E-state index in [9.17, 15) is 4.79 Å². The third kappa shape index (κ3) is 3.73. The highest BCUT2D eigenvalue weighted by atomic mass is 32.1. The summed E-state index contributed by atoms with van der Waals surface area (Å²) in [5.41, 5.74) is 4.64. The van der Waals surface area contributed by atoms with Crippen molar-refractivity contribution in [3.63, 3.8) is 0 Å². The molecule has 2 aromatic heterocycles. The molecule has 1 fully saturated rings. The molecule has 0 aliphatic carbocycles. The molecule has 1 aromatic carbocycles. The summed E-state index contributed by atoms with van der Waals surface area (Å²) in [5.74, 6) is 0.127. The maximum Gasteiger partial charge on any atom is 0.253 e. The number of rotatable bonds is 3. The molecular formula is C18H20N4OS2. The van der Waals surface area contributed by atoms with Crippen LogP contribution in [0, 0.1) is 6.92 Å². The molecule has 0 unspecified atom stereocenters. The first-order valence-electron chi connectivity index (χ1n) is 8.45. The first kappa shape index (κ1) is 16.6. The second-order valence-corrected chi connectivity index (χ2v) is 8.17. The van der Waals surface area contributed by atoms with E-state index in [4.69, 9.17) is 0 Å². The van der Waals surface area contributed by atoms with Crippen molar-refractivity contribution in [2.24, 2.45) is 0 Å². The predicted octanol–water partition coefficient (Wildman–Crippen LogP) is 3.41. The maximum atomic E-state index is 12.9. The highest BCUT2D eigenvalue weighted by molar-refractivity contribution is 7.16. The van der Waals surface area contributed by atoms with Gasteiger partial charge in [-0.1, -0.05) is 0 Å². The van der Waals surface area contributed by atoms with Gasteiger partial charge in [-0.15, -0.1) is 22.7 Å². The van der Waals surface area contributed by atoms with E-state index in [-0.39, 0.29) is 5.91 Å². The average Bonchev–Trinajstić information content (AvgIpc) is 3.17. The number of thiazole rings is 2. The summed E-state index contributed by atoms with van der Waals surface area (Å²) in [5, 5.41) is 3.26. The van der Waals surface area contributed by atoms with Crippen LogP contribution in [-0.2, 0) is 6.54 Å². The summed E-state index contributed by atoms with van der Waals surface area (Å²) in [6, 6.07) is 5.80. The predicted molar refractivity (Wildman–Crippen MR) is 102 cm³/mol. The van der Waals surface area contributed by atoms with E-state index in [1.54, 1.807) is 22.7 Å². The van der Waals surface area contributed by atoms with Gasteiger partial charge >= 0.3 is 0 Å². The molecule has 3 aromatic rings. The van der Waals surface area contributed by atoms with Crippen molar-refractivity contribution in [1.82, 2.24) is 19.8 Å². The summed E-state index contributed by atoms with van der Waals surface area (Å²) in [6.07, 6.45) is 0.999. The highest BCUT2D eigenvalue weighted by Crippen LogP contribution is 2.21. The monoisotopic (exact) mass is 372 g/mol. The number of hydrogen-bond donors (Lipinski definition) is 0. The lowest BCUT2D eigenvalue weighted by atomic mass is 10.2. The lowest BCUT2D eigenvalue weighted by Crippen LogP contribution is -2.35. The minimum atomic E-state index is 0.127. The van der Waals surface area contributed by atoms with E-state index >= 15 is 0 Å². The fourth-order valence-electron chi connectivity index (χ4n) is 3.17. The molecule has 1 aliphatic rings. The summed E-state index contributed by atoms with van der Waals surface area (Å²) in [6.45, 7) is 6.40. The molecule has 5 nitrogen and oxygen atoms in total. The van der Waals surface area contributed by atoms with Crippen LogP contribution in [0.1, 0.15) is 27.5 Å². The second kappa shape index (κ2) is 7.19.